The molecule has 0 aliphatic heterocycles. The number of hydrogen-bond donors (Lipinski definition) is 1. The second kappa shape index (κ2) is 7.47. The summed E-state index contributed by atoms with van der Waals surface area (Å²) in [6, 6.07) is 11.7. The topological polar surface area (TPSA) is 76.1 Å². The van der Waals surface area contributed by atoms with Crippen LogP contribution in [0, 0.1) is 0 Å². The van der Waals surface area contributed by atoms with Gasteiger partial charge in [-0.1, -0.05) is 0 Å². The van der Waals surface area contributed by atoms with E-state index < -0.39 is 5.97 Å². The molecular weight excluding hydrogens is 334 g/mol. The Kier molecular flexibility index (Phi) is 5.11. The molecule has 0 aromatic heterocycles. The Labute approximate surface area is 152 Å². The van der Waals surface area contributed by atoms with Gasteiger partial charge in [0.1, 0.15) is 11.5 Å². The van der Waals surface area contributed by atoms with E-state index in [0.717, 1.165) is 18.4 Å². The maximum atomic E-state index is 13.0. The molecule has 1 saturated carbocycles. The van der Waals surface area contributed by atoms with Crippen molar-refractivity contribution >= 4 is 11.9 Å². The summed E-state index contributed by atoms with van der Waals surface area (Å²) in [6.45, 7) is 0.407. The molecule has 0 heterocycles. The molecule has 136 valence electrons. The number of methoxy groups -OCH3 is 2. The summed E-state index contributed by atoms with van der Waals surface area (Å²) in [7, 11) is 3.19. The van der Waals surface area contributed by atoms with Gasteiger partial charge in [0.05, 0.1) is 26.3 Å². The minimum absolute atomic E-state index is 0.116. The molecule has 0 unspecified atom stereocenters. The molecule has 0 saturated heterocycles. The Hall–Kier alpha value is -3.02. The predicted octanol–water partition coefficient (Wildman–Crippen LogP) is 3.21. The molecule has 1 fully saturated rings. The highest BCUT2D eigenvalue weighted by Crippen LogP contribution is 2.33. The van der Waals surface area contributed by atoms with Crippen molar-refractivity contribution in [1.82, 2.24) is 4.90 Å². The van der Waals surface area contributed by atoms with Gasteiger partial charge in [0.25, 0.3) is 5.91 Å². The van der Waals surface area contributed by atoms with Crippen molar-refractivity contribution in [2.45, 2.75) is 25.4 Å². The Morgan fingerprint density at radius 3 is 2.23 bits per heavy atom. The first-order valence-corrected chi connectivity index (χ1v) is 8.38. The number of carboxylic acids is 1. The van der Waals surface area contributed by atoms with Gasteiger partial charge in [-0.2, -0.15) is 0 Å². The van der Waals surface area contributed by atoms with Crippen LogP contribution in [-0.4, -0.2) is 42.1 Å². The molecular formula is C20H21NO5. The summed E-state index contributed by atoms with van der Waals surface area (Å²) in [5, 5.41) is 9.00. The van der Waals surface area contributed by atoms with E-state index in [9.17, 15) is 9.59 Å². The van der Waals surface area contributed by atoms with Crippen molar-refractivity contribution < 1.29 is 24.2 Å². The number of benzene rings is 2. The van der Waals surface area contributed by atoms with Gasteiger partial charge in [-0.15, -0.1) is 0 Å². The molecule has 0 radical (unpaired) electrons. The quantitative estimate of drug-likeness (QED) is 0.825. The lowest BCUT2D eigenvalue weighted by Crippen LogP contribution is -2.32. The summed E-state index contributed by atoms with van der Waals surface area (Å²) in [5.41, 5.74) is 1.51. The molecule has 3 rings (SSSR count). The zero-order chi connectivity index (χ0) is 18.7. The van der Waals surface area contributed by atoms with Gasteiger partial charge >= 0.3 is 5.97 Å². The molecule has 0 spiro atoms. The monoisotopic (exact) mass is 355 g/mol. The van der Waals surface area contributed by atoms with E-state index in [4.69, 9.17) is 14.6 Å². The number of ether oxygens (including phenoxy) is 2. The second-order valence-corrected chi connectivity index (χ2v) is 6.22. The molecule has 2 aromatic carbocycles. The largest absolute Gasteiger partial charge is 0.497 e. The third-order valence-electron chi connectivity index (χ3n) is 4.46. The van der Waals surface area contributed by atoms with E-state index in [2.05, 4.69) is 0 Å². The lowest BCUT2D eigenvalue weighted by atomic mass is 10.1. The minimum Gasteiger partial charge on any atom is -0.497 e. The third kappa shape index (κ3) is 3.79. The van der Waals surface area contributed by atoms with E-state index in [1.165, 1.54) is 12.1 Å². The standard InChI is InChI=1S/C20H21NO5/c1-25-17-9-10-18(26-2)15(11-17)12-21(16-7-8-16)19(22)13-3-5-14(6-4-13)20(23)24/h3-6,9-11,16H,7-8,12H2,1-2H3,(H,23,24). The highest BCUT2D eigenvalue weighted by Gasteiger charge is 2.33. The summed E-state index contributed by atoms with van der Waals surface area (Å²) in [4.78, 5) is 25.8. The van der Waals surface area contributed by atoms with E-state index in [-0.39, 0.29) is 17.5 Å². The number of carboxylic acid groups (broad SMARTS) is 1. The number of amides is 1. The van der Waals surface area contributed by atoms with Gasteiger partial charge in [-0.3, -0.25) is 4.79 Å². The van der Waals surface area contributed by atoms with E-state index in [0.29, 0.717) is 23.6 Å². The van der Waals surface area contributed by atoms with Crippen LogP contribution in [0.5, 0.6) is 11.5 Å². The molecule has 26 heavy (non-hydrogen) atoms. The third-order valence-corrected chi connectivity index (χ3v) is 4.46. The number of rotatable bonds is 7. The van der Waals surface area contributed by atoms with Crippen molar-refractivity contribution in [2.24, 2.45) is 0 Å². The molecule has 1 aliphatic rings. The molecule has 6 nitrogen and oxygen atoms in total. The zero-order valence-corrected chi connectivity index (χ0v) is 14.8. The first-order chi connectivity index (χ1) is 12.5. The van der Waals surface area contributed by atoms with Gasteiger partial charge in [-0.05, 0) is 55.3 Å². The average Bonchev–Trinajstić information content (AvgIpc) is 3.50. The van der Waals surface area contributed by atoms with Crippen LogP contribution in [0.25, 0.3) is 0 Å². The number of nitrogens with zero attached hydrogens (tertiary/aromatic N) is 1. The molecule has 2 aromatic rings. The number of carbonyl (C=O) groups excluding carboxylic acids is 1. The average molecular weight is 355 g/mol. The second-order valence-electron chi connectivity index (χ2n) is 6.22. The smallest absolute Gasteiger partial charge is 0.335 e. The highest BCUT2D eigenvalue weighted by molar-refractivity contribution is 5.96. The van der Waals surface area contributed by atoms with Crippen molar-refractivity contribution in [2.75, 3.05) is 14.2 Å². The first-order valence-electron chi connectivity index (χ1n) is 8.38. The fourth-order valence-corrected chi connectivity index (χ4v) is 2.86. The van der Waals surface area contributed by atoms with Crippen LogP contribution in [0.1, 0.15) is 39.1 Å². The zero-order valence-electron chi connectivity index (χ0n) is 14.8. The Morgan fingerprint density at radius 2 is 1.69 bits per heavy atom. The molecule has 1 amide bonds. The van der Waals surface area contributed by atoms with Gasteiger partial charge in [0, 0.05) is 17.2 Å². The number of hydrogen-bond acceptors (Lipinski definition) is 4. The SMILES string of the molecule is COc1ccc(OC)c(CN(C(=O)c2ccc(C(=O)O)cc2)C2CC2)c1. The minimum atomic E-state index is -1.01. The van der Waals surface area contributed by atoms with E-state index in [1.807, 2.05) is 23.1 Å². The lowest BCUT2D eigenvalue weighted by molar-refractivity contribution is 0.0691. The van der Waals surface area contributed by atoms with Crippen LogP contribution >= 0.6 is 0 Å². The Bertz CT molecular complexity index is 811. The van der Waals surface area contributed by atoms with Gasteiger partial charge in [-0.25, -0.2) is 4.79 Å². The lowest BCUT2D eigenvalue weighted by Gasteiger charge is -2.24. The maximum Gasteiger partial charge on any atom is 0.335 e. The highest BCUT2D eigenvalue weighted by atomic mass is 16.5. The van der Waals surface area contributed by atoms with Crippen LogP contribution < -0.4 is 9.47 Å². The normalized spacial score (nSPS) is 13.2. The number of aromatic carboxylic acids is 1. The van der Waals surface area contributed by atoms with Gasteiger partial charge in [0.15, 0.2) is 0 Å². The number of carbonyl (C=O) groups is 2. The van der Waals surface area contributed by atoms with Crippen LogP contribution in [0.2, 0.25) is 0 Å². The van der Waals surface area contributed by atoms with E-state index >= 15 is 0 Å². The summed E-state index contributed by atoms with van der Waals surface area (Å²) < 4.78 is 10.7. The van der Waals surface area contributed by atoms with Crippen molar-refractivity contribution in [3.63, 3.8) is 0 Å². The first kappa shape index (κ1) is 17.8. The van der Waals surface area contributed by atoms with Crippen LogP contribution in [0.15, 0.2) is 42.5 Å². The van der Waals surface area contributed by atoms with E-state index in [1.54, 1.807) is 26.4 Å². The van der Waals surface area contributed by atoms with Crippen molar-refractivity contribution in [1.29, 1.82) is 0 Å². The fraction of sp³-hybridized carbons (Fsp3) is 0.300. The van der Waals surface area contributed by atoms with Gasteiger partial charge < -0.3 is 19.5 Å². The molecule has 0 atom stereocenters. The Balaban J connectivity index is 1.86. The summed E-state index contributed by atoms with van der Waals surface area (Å²) in [6.07, 6.45) is 1.93. The fourth-order valence-electron chi connectivity index (χ4n) is 2.86. The van der Waals surface area contributed by atoms with Crippen LogP contribution in [-0.2, 0) is 6.54 Å². The van der Waals surface area contributed by atoms with Gasteiger partial charge in [0.2, 0.25) is 0 Å². The predicted molar refractivity (Wildman–Crippen MR) is 95.8 cm³/mol. The molecule has 1 aliphatic carbocycles. The van der Waals surface area contributed by atoms with Crippen LogP contribution in [0.4, 0.5) is 0 Å². The molecule has 1 N–H and O–H groups in total. The Morgan fingerprint density at radius 1 is 1.04 bits per heavy atom. The van der Waals surface area contributed by atoms with Crippen molar-refractivity contribution in [3.8, 4) is 11.5 Å². The molecule has 6 heteroatoms. The van der Waals surface area contributed by atoms with Crippen molar-refractivity contribution in [3.05, 3.63) is 59.2 Å². The maximum absolute atomic E-state index is 13.0. The summed E-state index contributed by atoms with van der Waals surface area (Å²) in [5.74, 6) is 0.277. The summed E-state index contributed by atoms with van der Waals surface area (Å²) >= 11 is 0. The molecule has 0 bridgehead atoms. The van der Waals surface area contributed by atoms with Crippen LogP contribution in [0.3, 0.4) is 0 Å².